The van der Waals surface area contributed by atoms with Gasteiger partial charge < -0.3 is 20.3 Å². The summed E-state index contributed by atoms with van der Waals surface area (Å²) < 4.78 is 6.08. The molecule has 5 nitrogen and oxygen atoms in total. The van der Waals surface area contributed by atoms with E-state index in [1.165, 1.54) is 32.1 Å². The van der Waals surface area contributed by atoms with Crippen LogP contribution in [-0.2, 0) is 4.74 Å². The fourth-order valence-corrected chi connectivity index (χ4v) is 4.34. The van der Waals surface area contributed by atoms with Gasteiger partial charge in [0.1, 0.15) is 0 Å². The number of nitrogens with zero attached hydrogens (tertiary/aromatic N) is 2. The summed E-state index contributed by atoms with van der Waals surface area (Å²) in [6.07, 6.45) is 8.22. The Balaban J connectivity index is 0.00000338. The van der Waals surface area contributed by atoms with Crippen molar-refractivity contribution in [2.75, 3.05) is 40.3 Å². The fourth-order valence-electron chi connectivity index (χ4n) is 4.34. The van der Waals surface area contributed by atoms with Gasteiger partial charge in [-0.2, -0.15) is 0 Å². The van der Waals surface area contributed by atoms with Gasteiger partial charge in [0.25, 0.3) is 0 Å². The van der Waals surface area contributed by atoms with Gasteiger partial charge in [0.05, 0.1) is 6.10 Å². The Morgan fingerprint density at radius 1 is 1.12 bits per heavy atom. The van der Waals surface area contributed by atoms with Crippen LogP contribution in [0, 0.1) is 11.3 Å². The Bertz CT molecular complexity index is 419. The predicted octanol–water partition coefficient (Wildman–Crippen LogP) is 3.49. The van der Waals surface area contributed by atoms with Gasteiger partial charge in [-0.3, -0.25) is 4.99 Å². The predicted molar refractivity (Wildman–Crippen MR) is 122 cm³/mol. The normalized spacial score (nSPS) is 25.2. The van der Waals surface area contributed by atoms with Crippen molar-refractivity contribution in [2.45, 2.75) is 71.4 Å². The summed E-state index contributed by atoms with van der Waals surface area (Å²) in [5.74, 6) is 1.46. The van der Waals surface area contributed by atoms with Gasteiger partial charge in [0.2, 0.25) is 0 Å². The molecule has 0 aromatic carbocycles. The van der Waals surface area contributed by atoms with Gasteiger partial charge in [-0.05, 0) is 38.1 Å². The molecule has 1 aliphatic heterocycles. The van der Waals surface area contributed by atoms with Gasteiger partial charge in [0, 0.05) is 45.2 Å². The number of aliphatic imine (C=N–C) groups is 1. The lowest BCUT2D eigenvalue weighted by Crippen LogP contribution is -2.48. The van der Waals surface area contributed by atoms with Crippen LogP contribution in [-0.4, -0.2) is 63.3 Å². The molecule has 1 aliphatic carbocycles. The van der Waals surface area contributed by atoms with Crippen LogP contribution in [0.5, 0.6) is 0 Å². The SMILES string of the molecule is CN=C(NCCN(C)C1CCCC1)NCC1CCCOC1C(C)(C)C.I. The zero-order valence-corrected chi connectivity index (χ0v) is 19.8. The Morgan fingerprint density at radius 3 is 2.42 bits per heavy atom. The zero-order chi connectivity index (χ0) is 18.3. The maximum atomic E-state index is 6.08. The van der Waals surface area contributed by atoms with Crippen molar-refractivity contribution < 1.29 is 4.74 Å². The lowest BCUT2D eigenvalue weighted by atomic mass is 9.78. The van der Waals surface area contributed by atoms with Crippen molar-refractivity contribution >= 4 is 29.9 Å². The summed E-state index contributed by atoms with van der Waals surface area (Å²) in [5.41, 5.74) is 0.188. The topological polar surface area (TPSA) is 48.9 Å². The summed E-state index contributed by atoms with van der Waals surface area (Å²) in [5, 5.41) is 7.00. The number of nitrogens with one attached hydrogen (secondary N) is 2. The second kappa shape index (κ2) is 11.7. The molecule has 2 unspecified atom stereocenters. The highest BCUT2D eigenvalue weighted by atomic mass is 127. The number of halogens is 1. The van der Waals surface area contributed by atoms with Gasteiger partial charge in [0.15, 0.2) is 5.96 Å². The van der Waals surface area contributed by atoms with Crippen LogP contribution in [0.3, 0.4) is 0 Å². The Morgan fingerprint density at radius 2 is 1.81 bits per heavy atom. The average Bonchev–Trinajstić information content (AvgIpc) is 3.12. The minimum Gasteiger partial charge on any atom is -0.377 e. The molecule has 2 atom stereocenters. The first kappa shape index (κ1) is 24.0. The van der Waals surface area contributed by atoms with E-state index in [-0.39, 0.29) is 29.4 Å². The molecule has 1 saturated heterocycles. The first-order valence-electron chi connectivity index (χ1n) is 10.2. The fraction of sp³-hybridized carbons (Fsp3) is 0.950. The lowest BCUT2D eigenvalue weighted by molar-refractivity contribution is -0.0835. The highest BCUT2D eigenvalue weighted by Gasteiger charge is 2.35. The van der Waals surface area contributed by atoms with Crippen molar-refractivity contribution in [3.63, 3.8) is 0 Å². The molecule has 0 amide bonds. The van der Waals surface area contributed by atoms with Gasteiger partial charge in [-0.15, -0.1) is 24.0 Å². The van der Waals surface area contributed by atoms with Gasteiger partial charge in [-0.1, -0.05) is 33.6 Å². The van der Waals surface area contributed by atoms with E-state index < -0.39 is 0 Å². The van der Waals surface area contributed by atoms with Crippen LogP contribution in [0.2, 0.25) is 0 Å². The molecule has 2 fully saturated rings. The molecule has 0 aromatic heterocycles. The summed E-state index contributed by atoms with van der Waals surface area (Å²) in [6, 6.07) is 0.781. The summed E-state index contributed by atoms with van der Waals surface area (Å²) >= 11 is 0. The number of ether oxygens (including phenoxy) is 1. The second-order valence-corrected chi connectivity index (χ2v) is 8.86. The van der Waals surface area contributed by atoms with E-state index >= 15 is 0 Å². The monoisotopic (exact) mass is 480 g/mol. The van der Waals surface area contributed by atoms with E-state index in [0.717, 1.165) is 44.7 Å². The third-order valence-electron chi connectivity index (χ3n) is 5.76. The molecule has 6 heteroatoms. The van der Waals surface area contributed by atoms with Crippen molar-refractivity contribution in [3.05, 3.63) is 0 Å². The maximum Gasteiger partial charge on any atom is 0.191 e. The van der Waals surface area contributed by atoms with E-state index in [4.69, 9.17) is 4.74 Å². The Hall–Kier alpha value is -0.0800. The van der Waals surface area contributed by atoms with E-state index in [1.54, 1.807) is 0 Å². The summed E-state index contributed by atoms with van der Waals surface area (Å²) in [4.78, 5) is 6.89. The standard InChI is InChI=1S/C20H40N4O.HI/c1-20(2,3)18-16(9-8-14-25-18)15-23-19(21-4)22-12-13-24(5)17-10-6-7-11-17;/h16-18H,6-15H2,1-5H3,(H2,21,22,23);1H. The minimum atomic E-state index is 0. The highest BCUT2D eigenvalue weighted by molar-refractivity contribution is 14.0. The molecule has 2 rings (SSSR count). The first-order valence-corrected chi connectivity index (χ1v) is 10.2. The molecule has 26 heavy (non-hydrogen) atoms. The average molecular weight is 480 g/mol. The minimum absolute atomic E-state index is 0. The molecule has 1 heterocycles. The van der Waals surface area contributed by atoms with E-state index in [2.05, 4.69) is 48.3 Å². The second-order valence-electron chi connectivity index (χ2n) is 8.86. The molecule has 1 saturated carbocycles. The van der Waals surface area contributed by atoms with Crippen LogP contribution in [0.1, 0.15) is 59.3 Å². The summed E-state index contributed by atoms with van der Waals surface area (Å²) in [7, 11) is 4.11. The first-order chi connectivity index (χ1) is 11.9. The number of hydrogen-bond donors (Lipinski definition) is 2. The molecule has 2 N–H and O–H groups in total. The van der Waals surface area contributed by atoms with Crippen molar-refractivity contribution in [1.29, 1.82) is 0 Å². The van der Waals surface area contributed by atoms with Crippen LogP contribution in [0.25, 0.3) is 0 Å². The lowest BCUT2D eigenvalue weighted by Gasteiger charge is -2.40. The third kappa shape index (κ3) is 7.50. The maximum absolute atomic E-state index is 6.08. The molecule has 0 bridgehead atoms. The summed E-state index contributed by atoms with van der Waals surface area (Å²) in [6.45, 7) is 10.7. The molecule has 154 valence electrons. The van der Waals surface area contributed by atoms with E-state index in [0.29, 0.717) is 12.0 Å². The van der Waals surface area contributed by atoms with Gasteiger partial charge >= 0.3 is 0 Å². The number of guanidine groups is 1. The smallest absolute Gasteiger partial charge is 0.191 e. The Kier molecular flexibility index (Phi) is 10.8. The molecular weight excluding hydrogens is 439 g/mol. The highest BCUT2D eigenvalue weighted by Crippen LogP contribution is 2.33. The molecule has 0 spiro atoms. The molecule has 2 aliphatic rings. The van der Waals surface area contributed by atoms with Gasteiger partial charge in [-0.25, -0.2) is 0 Å². The number of hydrogen-bond acceptors (Lipinski definition) is 3. The molecule has 0 aromatic rings. The molecule has 0 radical (unpaired) electrons. The number of rotatable bonds is 6. The zero-order valence-electron chi connectivity index (χ0n) is 17.5. The Labute approximate surface area is 178 Å². The van der Waals surface area contributed by atoms with Crippen LogP contribution >= 0.6 is 24.0 Å². The van der Waals surface area contributed by atoms with Crippen LogP contribution < -0.4 is 10.6 Å². The van der Waals surface area contributed by atoms with E-state index in [1.807, 2.05) is 7.05 Å². The quantitative estimate of drug-likeness (QED) is 0.347. The third-order valence-corrected chi connectivity index (χ3v) is 5.76. The molecular formula is C20H41IN4O. The van der Waals surface area contributed by atoms with Crippen molar-refractivity contribution in [2.24, 2.45) is 16.3 Å². The van der Waals surface area contributed by atoms with Crippen molar-refractivity contribution in [3.8, 4) is 0 Å². The van der Waals surface area contributed by atoms with Crippen molar-refractivity contribution in [1.82, 2.24) is 15.5 Å². The van der Waals surface area contributed by atoms with Crippen LogP contribution in [0.4, 0.5) is 0 Å². The van der Waals surface area contributed by atoms with E-state index in [9.17, 15) is 0 Å². The largest absolute Gasteiger partial charge is 0.377 e. The van der Waals surface area contributed by atoms with Crippen LogP contribution in [0.15, 0.2) is 4.99 Å². The number of likely N-dealkylation sites (N-methyl/N-ethyl adjacent to an activating group) is 1.